The minimum atomic E-state index is -2.72. The second-order valence-electron chi connectivity index (χ2n) is 7.83. The summed E-state index contributed by atoms with van der Waals surface area (Å²) in [6, 6.07) is 6.37. The van der Waals surface area contributed by atoms with Gasteiger partial charge in [-0.3, -0.25) is 0 Å². The molecule has 1 aromatic carbocycles. The molecular formula is C25H31F2N5S. The second-order valence-corrected chi connectivity index (χ2v) is 8.68. The number of nitrogens with zero attached hydrogens (tertiary/aromatic N) is 2. The first-order valence-electron chi connectivity index (χ1n) is 11.1. The molecule has 8 heteroatoms. The number of halogens is 2. The summed E-state index contributed by atoms with van der Waals surface area (Å²) in [5, 5.41) is 6.43. The van der Waals surface area contributed by atoms with Crippen molar-refractivity contribution < 1.29 is 8.78 Å². The van der Waals surface area contributed by atoms with Gasteiger partial charge in [-0.25, -0.2) is 18.8 Å². The molecule has 0 amide bonds. The van der Waals surface area contributed by atoms with Crippen LogP contribution in [0.2, 0.25) is 0 Å². The van der Waals surface area contributed by atoms with Gasteiger partial charge in [-0.2, -0.15) is 0 Å². The van der Waals surface area contributed by atoms with Gasteiger partial charge in [-0.1, -0.05) is 44.7 Å². The average molecular weight is 472 g/mol. The molecular weight excluding hydrogens is 440 g/mol. The quantitative estimate of drug-likeness (QED) is 0.140. The van der Waals surface area contributed by atoms with E-state index in [1.165, 1.54) is 11.6 Å². The van der Waals surface area contributed by atoms with E-state index in [1.807, 2.05) is 19.2 Å². The number of aromatic nitrogens is 2. The van der Waals surface area contributed by atoms with E-state index in [0.29, 0.717) is 17.4 Å². The SMILES string of the molecule is C=C/C(=N\c1nc(C(F)F)[nH]c1CNc1ccc(C2C=CCC2)cc1SC)NC(=C)CCC. The Morgan fingerprint density at radius 2 is 2.24 bits per heavy atom. The van der Waals surface area contributed by atoms with Crippen LogP contribution in [0.25, 0.3) is 0 Å². The summed E-state index contributed by atoms with van der Waals surface area (Å²) in [5.41, 5.74) is 3.49. The number of aromatic amines is 1. The van der Waals surface area contributed by atoms with Crippen LogP contribution in [0.4, 0.5) is 20.3 Å². The average Bonchev–Trinajstić information content (AvgIpc) is 3.48. The van der Waals surface area contributed by atoms with Gasteiger partial charge in [-0.15, -0.1) is 11.8 Å². The summed E-state index contributed by atoms with van der Waals surface area (Å²) in [7, 11) is 0. The zero-order valence-corrected chi connectivity index (χ0v) is 19.9. The summed E-state index contributed by atoms with van der Waals surface area (Å²) in [4.78, 5) is 12.3. The molecule has 3 N–H and O–H groups in total. The first kappa shape index (κ1) is 24.8. The van der Waals surface area contributed by atoms with Gasteiger partial charge in [0.05, 0.1) is 12.2 Å². The lowest BCUT2D eigenvalue weighted by Crippen LogP contribution is -2.19. The Labute approximate surface area is 198 Å². The molecule has 0 bridgehead atoms. The first-order valence-corrected chi connectivity index (χ1v) is 12.3. The largest absolute Gasteiger partial charge is 0.378 e. The minimum Gasteiger partial charge on any atom is -0.378 e. The van der Waals surface area contributed by atoms with Gasteiger partial charge in [0.25, 0.3) is 6.43 Å². The van der Waals surface area contributed by atoms with Crippen LogP contribution in [0.3, 0.4) is 0 Å². The standard InChI is InChI=1S/C25H31F2N5S/c1-5-9-16(3)29-22(6-2)31-24-20(30-25(32-24)23(26)27)15-28-19-13-12-18(14-21(19)33-4)17-10-7-8-11-17/h6-7,10,12-14,17,23,28H,2-3,5,8-9,11,15H2,1,4H3,(H,29,31)(H,30,32). The number of imidazole rings is 1. The van der Waals surface area contributed by atoms with E-state index in [1.54, 1.807) is 11.8 Å². The summed E-state index contributed by atoms with van der Waals surface area (Å²) in [6.45, 7) is 10.0. The fourth-order valence-electron chi connectivity index (χ4n) is 3.70. The van der Waals surface area contributed by atoms with Crippen molar-refractivity contribution in [1.29, 1.82) is 0 Å². The van der Waals surface area contributed by atoms with Crippen LogP contribution in [0.1, 0.15) is 62.0 Å². The molecule has 0 saturated carbocycles. The molecule has 1 aliphatic carbocycles. The monoisotopic (exact) mass is 471 g/mol. The van der Waals surface area contributed by atoms with Gasteiger partial charge in [0.1, 0.15) is 5.84 Å². The van der Waals surface area contributed by atoms with E-state index in [-0.39, 0.29) is 12.4 Å². The van der Waals surface area contributed by atoms with E-state index >= 15 is 0 Å². The Kier molecular flexibility index (Phi) is 8.88. The Morgan fingerprint density at radius 1 is 1.42 bits per heavy atom. The highest BCUT2D eigenvalue weighted by Crippen LogP contribution is 2.34. The highest BCUT2D eigenvalue weighted by molar-refractivity contribution is 7.98. The number of allylic oxidation sites excluding steroid dienone is 3. The maximum Gasteiger partial charge on any atom is 0.295 e. The summed E-state index contributed by atoms with van der Waals surface area (Å²) in [5.74, 6) is 0.665. The number of hydrogen-bond donors (Lipinski definition) is 3. The minimum absolute atomic E-state index is 0.197. The van der Waals surface area contributed by atoms with E-state index in [0.717, 1.165) is 42.0 Å². The van der Waals surface area contributed by atoms with Gasteiger partial charge in [0.2, 0.25) is 0 Å². The molecule has 33 heavy (non-hydrogen) atoms. The number of benzene rings is 1. The predicted octanol–water partition coefficient (Wildman–Crippen LogP) is 7.23. The summed E-state index contributed by atoms with van der Waals surface area (Å²) in [6.07, 6.45) is 9.26. The van der Waals surface area contributed by atoms with E-state index < -0.39 is 12.2 Å². The first-order chi connectivity index (χ1) is 15.9. The van der Waals surface area contributed by atoms with Gasteiger partial charge in [0, 0.05) is 22.2 Å². The van der Waals surface area contributed by atoms with Crippen molar-refractivity contribution in [2.45, 2.75) is 56.4 Å². The molecule has 1 aromatic heterocycles. The molecule has 0 radical (unpaired) electrons. The number of nitrogens with one attached hydrogen (secondary N) is 3. The van der Waals surface area contributed by atoms with Crippen molar-refractivity contribution in [3.63, 3.8) is 0 Å². The third kappa shape index (κ3) is 6.57. The predicted molar refractivity (Wildman–Crippen MR) is 135 cm³/mol. The molecule has 2 aromatic rings. The van der Waals surface area contributed by atoms with E-state index in [4.69, 9.17) is 0 Å². The van der Waals surface area contributed by atoms with Crippen molar-refractivity contribution in [2.24, 2.45) is 4.99 Å². The van der Waals surface area contributed by atoms with E-state index in [9.17, 15) is 8.78 Å². The number of H-pyrrole nitrogens is 1. The molecule has 1 atom stereocenters. The molecule has 176 valence electrons. The number of hydrogen-bond acceptors (Lipinski definition) is 4. The topological polar surface area (TPSA) is 65.1 Å². The van der Waals surface area contributed by atoms with Crippen molar-refractivity contribution in [2.75, 3.05) is 11.6 Å². The zero-order valence-electron chi connectivity index (χ0n) is 19.1. The van der Waals surface area contributed by atoms with Gasteiger partial charge in [-0.05, 0) is 49.3 Å². The molecule has 1 unspecified atom stereocenters. The Hall–Kier alpha value is -2.87. The lowest BCUT2D eigenvalue weighted by molar-refractivity contribution is 0.141. The van der Waals surface area contributed by atoms with Gasteiger partial charge in [0.15, 0.2) is 11.6 Å². The molecule has 0 aliphatic heterocycles. The molecule has 0 saturated heterocycles. The van der Waals surface area contributed by atoms with Crippen LogP contribution in [-0.2, 0) is 6.54 Å². The lowest BCUT2D eigenvalue weighted by atomic mass is 9.98. The van der Waals surface area contributed by atoms with Crippen LogP contribution in [-0.4, -0.2) is 22.1 Å². The molecule has 0 spiro atoms. The van der Waals surface area contributed by atoms with Crippen molar-refractivity contribution in [1.82, 2.24) is 15.3 Å². The number of amidine groups is 1. The fraction of sp³-hybridized carbons (Fsp3) is 0.360. The number of aliphatic imine (C=N–C) groups is 1. The van der Waals surface area contributed by atoms with Gasteiger partial charge < -0.3 is 15.6 Å². The van der Waals surface area contributed by atoms with Gasteiger partial charge >= 0.3 is 0 Å². The molecule has 1 aliphatic rings. The highest BCUT2D eigenvalue weighted by Gasteiger charge is 2.18. The molecule has 5 nitrogen and oxygen atoms in total. The Morgan fingerprint density at radius 3 is 2.88 bits per heavy atom. The number of anilines is 1. The normalized spacial score (nSPS) is 15.8. The summed E-state index contributed by atoms with van der Waals surface area (Å²) >= 11 is 1.65. The van der Waals surface area contributed by atoms with Crippen LogP contribution in [0.5, 0.6) is 0 Å². The highest BCUT2D eigenvalue weighted by atomic mass is 32.2. The summed E-state index contributed by atoms with van der Waals surface area (Å²) < 4.78 is 26.7. The molecule has 1 heterocycles. The third-order valence-electron chi connectivity index (χ3n) is 5.38. The van der Waals surface area contributed by atoms with Crippen LogP contribution < -0.4 is 10.6 Å². The van der Waals surface area contributed by atoms with Crippen LogP contribution in [0, 0.1) is 0 Å². The number of thioether (sulfide) groups is 1. The maximum absolute atomic E-state index is 13.3. The fourth-order valence-corrected chi connectivity index (χ4v) is 4.32. The third-order valence-corrected chi connectivity index (χ3v) is 6.16. The second kappa shape index (κ2) is 11.8. The van der Waals surface area contributed by atoms with E-state index in [2.05, 4.69) is 63.0 Å². The van der Waals surface area contributed by atoms with Crippen LogP contribution in [0.15, 0.2) is 65.2 Å². The number of rotatable bonds is 11. The number of alkyl halides is 2. The maximum atomic E-state index is 13.3. The molecule has 3 rings (SSSR count). The Bertz CT molecular complexity index is 1040. The molecule has 0 fully saturated rings. The van der Waals surface area contributed by atoms with Crippen molar-refractivity contribution >= 4 is 29.1 Å². The Balaban J connectivity index is 1.81. The van der Waals surface area contributed by atoms with Crippen LogP contribution >= 0.6 is 11.8 Å². The lowest BCUT2D eigenvalue weighted by Gasteiger charge is -2.15. The van der Waals surface area contributed by atoms with Crippen molar-refractivity contribution in [3.05, 3.63) is 72.4 Å². The van der Waals surface area contributed by atoms with Crippen molar-refractivity contribution in [3.8, 4) is 0 Å². The zero-order chi connectivity index (χ0) is 23.8. The smallest absolute Gasteiger partial charge is 0.295 e.